The molecule has 0 aromatic rings. The van der Waals surface area contributed by atoms with Crippen molar-refractivity contribution in [2.45, 2.75) is 50.6 Å². The van der Waals surface area contributed by atoms with Crippen LogP contribution in [-0.4, -0.2) is 50.1 Å². The second kappa shape index (κ2) is 6.89. The third-order valence-electron chi connectivity index (χ3n) is 7.56. The van der Waals surface area contributed by atoms with Gasteiger partial charge in [0.15, 0.2) is 0 Å². The minimum Gasteiger partial charge on any atom is -0.352 e. The van der Waals surface area contributed by atoms with E-state index in [1.807, 2.05) is 0 Å². The van der Waals surface area contributed by atoms with Crippen molar-refractivity contribution < 1.29 is 4.79 Å². The first-order valence-corrected chi connectivity index (χ1v) is 10.2. The van der Waals surface area contributed by atoms with E-state index in [2.05, 4.69) is 35.7 Å². The van der Waals surface area contributed by atoms with Crippen LogP contribution in [0.15, 0.2) is 0 Å². The van der Waals surface area contributed by atoms with Crippen molar-refractivity contribution in [3.63, 3.8) is 0 Å². The highest BCUT2D eigenvalue weighted by Crippen LogP contribution is 2.59. The molecule has 1 saturated heterocycles. The predicted molar refractivity (Wildman–Crippen MR) is 96.5 cm³/mol. The third kappa shape index (κ3) is 2.88. The molecule has 138 valence electrons. The van der Waals surface area contributed by atoms with E-state index >= 15 is 0 Å². The first-order valence-electron chi connectivity index (χ1n) is 10.2. The van der Waals surface area contributed by atoms with Crippen LogP contribution in [0.2, 0.25) is 0 Å². The molecule has 3 aliphatic carbocycles. The van der Waals surface area contributed by atoms with Gasteiger partial charge in [0.05, 0.1) is 6.07 Å². The van der Waals surface area contributed by atoms with Crippen molar-refractivity contribution in [2.75, 3.05) is 27.2 Å². The fourth-order valence-electron chi connectivity index (χ4n) is 6.76. The summed E-state index contributed by atoms with van der Waals surface area (Å²) in [6.45, 7) is 2.24. The van der Waals surface area contributed by atoms with Gasteiger partial charge >= 0.3 is 0 Å². The highest BCUT2D eigenvalue weighted by molar-refractivity contribution is 5.84. The lowest BCUT2D eigenvalue weighted by Gasteiger charge is -2.47. The molecule has 0 aromatic carbocycles. The van der Waals surface area contributed by atoms with Crippen molar-refractivity contribution in [3.05, 3.63) is 0 Å². The van der Waals surface area contributed by atoms with Gasteiger partial charge in [-0.25, -0.2) is 0 Å². The fraction of sp³-hybridized carbons (Fsp3) is 0.900. The Morgan fingerprint density at radius 3 is 2.72 bits per heavy atom. The quantitative estimate of drug-likeness (QED) is 0.744. The monoisotopic (exact) mass is 344 g/mol. The van der Waals surface area contributed by atoms with E-state index in [1.165, 1.54) is 38.5 Å². The average molecular weight is 345 g/mol. The predicted octanol–water partition coefficient (Wildman–Crippen LogP) is 1.61. The summed E-state index contributed by atoms with van der Waals surface area (Å²) < 4.78 is 0. The number of nitriles is 1. The van der Waals surface area contributed by atoms with Gasteiger partial charge in [-0.1, -0.05) is 6.42 Å². The number of hydrogen-bond acceptors (Lipinski definition) is 4. The van der Waals surface area contributed by atoms with Crippen LogP contribution in [0.4, 0.5) is 0 Å². The summed E-state index contributed by atoms with van der Waals surface area (Å²) in [5.74, 6) is 2.56. The van der Waals surface area contributed by atoms with Gasteiger partial charge in [-0.2, -0.15) is 5.26 Å². The molecule has 2 N–H and O–H groups in total. The lowest BCUT2D eigenvalue weighted by molar-refractivity contribution is -0.122. The number of nitrogens with zero attached hydrogens (tertiary/aromatic N) is 2. The molecule has 1 amide bonds. The average Bonchev–Trinajstić information content (AvgIpc) is 3.08. The molecule has 8 unspecified atom stereocenters. The summed E-state index contributed by atoms with van der Waals surface area (Å²) in [5, 5.41) is 16.6. The maximum Gasteiger partial charge on any atom is 0.237 e. The molecule has 8 atom stereocenters. The van der Waals surface area contributed by atoms with Crippen LogP contribution in [0.25, 0.3) is 0 Å². The van der Waals surface area contributed by atoms with Gasteiger partial charge < -0.3 is 15.5 Å². The second-order valence-electron chi connectivity index (χ2n) is 9.01. The number of nitrogens with one attached hydrogen (secondary N) is 2. The molecule has 0 bridgehead atoms. The maximum absolute atomic E-state index is 12.2. The minimum atomic E-state index is -0.397. The number of rotatable bonds is 5. The Morgan fingerprint density at radius 2 is 1.96 bits per heavy atom. The Morgan fingerprint density at radius 1 is 1.16 bits per heavy atom. The number of carbonyl (C=O) groups is 1. The summed E-state index contributed by atoms with van der Waals surface area (Å²) in [6, 6.07) is 3.25. The molecule has 5 nitrogen and oxygen atoms in total. The highest BCUT2D eigenvalue weighted by Gasteiger charge is 2.62. The Hall–Kier alpha value is -1.12. The van der Waals surface area contributed by atoms with Crippen molar-refractivity contribution in [1.29, 1.82) is 5.26 Å². The third-order valence-corrected chi connectivity index (χ3v) is 7.56. The number of amides is 1. The fourth-order valence-corrected chi connectivity index (χ4v) is 6.76. The Bertz CT molecular complexity index is 556. The van der Waals surface area contributed by atoms with E-state index in [-0.39, 0.29) is 17.9 Å². The normalized spacial score (nSPS) is 45.0. The first kappa shape index (κ1) is 17.3. The standard InChI is InChI=1S/C20H32N4O/c1-24(2)10-4-9-22-16-8-7-13-17-12(16)5-3-6-14(17)19-18(13)15(11-21)20(25)23-19/h12-19,22H,3-10H2,1-2H3,(H,23,25). The van der Waals surface area contributed by atoms with Gasteiger partial charge in [0.25, 0.3) is 0 Å². The topological polar surface area (TPSA) is 68.2 Å². The first-order chi connectivity index (χ1) is 12.1. The number of hydrogen-bond donors (Lipinski definition) is 2. The van der Waals surface area contributed by atoms with Crippen LogP contribution < -0.4 is 10.6 Å². The number of carbonyl (C=O) groups excluding carboxylic acids is 1. The molecule has 1 aliphatic heterocycles. The molecule has 3 saturated carbocycles. The van der Waals surface area contributed by atoms with E-state index in [0.717, 1.165) is 24.9 Å². The Balaban J connectivity index is 1.46. The summed E-state index contributed by atoms with van der Waals surface area (Å²) >= 11 is 0. The summed E-state index contributed by atoms with van der Waals surface area (Å²) in [7, 11) is 4.27. The van der Waals surface area contributed by atoms with Gasteiger partial charge in [-0.3, -0.25) is 4.79 Å². The summed E-state index contributed by atoms with van der Waals surface area (Å²) in [4.78, 5) is 14.4. The largest absolute Gasteiger partial charge is 0.352 e. The molecule has 0 spiro atoms. The smallest absolute Gasteiger partial charge is 0.237 e. The van der Waals surface area contributed by atoms with E-state index in [0.29, 0.717) is 17.9 Å². The summed E-state index contributed by atoms with van der Waals surface area (Å²) in [5.41, 5.74) is 0. The van der Waals surface area contributed by atoms with Gasteiger partial charge in [0.1, 0.15) is 5.92 Å². The van der Waals surface area contributed by atoms with Crippen molar-refractivity contribution in [1.82, 2.24) is 15.5 Å². The Kier molecular flexibility index (Phi) is 4.77. The molecule has 4 aliphatic rings. The van der Waals surface area contributed by atoms with Gasteiger partial charge in [0, 0.05) is 18.0 Å². The molecule has 4 fully saturated rings. The van der Waals surface area contributed by atoms with E-state index < -0.39 is 5.92 Å². The molecule has 0 radical (unpaired) electrons. The molecule has 1 heterocycles. The van der Waals surface area contributed by atoms with Crippen molar-refractivity contribution >= 4 is 5.91 Å². The maximum atomic E-state index is 12.2. The van der Waals surface area contributed by atoms with Gasteiger partial charge in [-0.15, -0.1) is 0 Å². The lowest BCUT2D eigenvalue weighted by atomic mass is 9.61. The highest BCUT2D eigenvalue weighted by atomic mass is 16.2. The van der Waals surface area contributed by atoms with Crippen LogP contribution in [0.3, 0.4) is 0 Å². The van der Waals surface area contributed by atoms with Crippen molar-refractivity contribution in [3.8, 4) is 6.07 Å². The van der Waals surface area contributed by atoms with Crippen LogP contribution in [0, 0.1) is 46.8 Å². The zero-order chi connectivity index (χ0) is 17.6. The zero-order valence-corrected chi connectivity index (χ0v) is 15.6. The second-order valence-corrected chi connectivity index (χ2v) is 9.01. The molecule has 0 aromatic heterocycles. The van der Waals surface area contributed by atoms with Gasteiger partial charge in [0.2, 0.25) is 5.91 Å². The van der Waals surface area contributed by atoms with Crippen LogP contribution in [0.5, 0.6) is 0 Å². The zero-order valence-electron chi connectivity index (χ0n) is 15.6. The minimum absolute atomic E-state index is 0.00186. The van der Waals surface area contributed by atoms with E-state index in [1.54, 1.807) is 0 Å². The lowest BCUT2D eigenvalue weighted by Crippen LogP contribution is -2.50. The van der Waals surface area contributed by atoms with E-state index in [4.69, 9.17) is 0 Å². The van der Waals surface area contributed by atoms with E-state index in [9.17, 15) is 10.1 Å². The molecular weight excluding hydrogens is 312 g/mol. The van der Waals surface area contributed by atoms with Crippen LogP contribution >= 0.6 is 0 Å². The molecule has 25 heavy (non-hydrogen) atoms. The summed E-state index contributed by atoms with van der Waals surface area (Å²) in [6.07, 6.45) is 7.46. The molecular formula is C20H32N4O. The Labute approximate surface area is 151 Å². The van der Waals surface area contributed by atoms with Crippen molar-refractivity contribution in [2.24, 2.45) is 35.5 Å². The molecule has 4 rings (SSSR count). The van der Waals surface area contributed by atoms with Crippen LogP contribution in [-0.2, 0) is 4.79 Å². The van der Waals surface area contributed by atoms with Gasteiger partial charge in [-0.05, 0) is 83.0 Å². The number of fused-ring (bicyclic) bond motifs is 3. The van der Waals surface area contributed by atoms with Crippen LogP contribution in [0.1, 0.15) is 38.5 Å². The SMILES string of the molecule is CN(C)CCCNC1CCC2C3C1CCCC3C1NC(=O)C(C#N)C21. The molecule has 5 heteroatoms.